The first-order valence-corrected chi connectivity index (χ1v) is 11.3. The molecule has 1 N–H and O–H groups in total. The first-order chi connectivity index (χ1) is 14.8. The number of anilines is 1. The maximum Gasteiger partial charge on any atom is 0.264 e. The van der Waals surface area contributed by atoms with E-state index in [0.29, 0.717) is 23.0 Å². The van der Waals surface area contributed by atoms with Crippen molar-refractivity contribution < 1.29 is 22.4 Å². The minimum absolute atomic E-state index is 0.0318. The maximum absolute atomic E-state index is 13.2. The second-order valence-electron chi connectivity index (χ2n) is 6.37. The molecule has 0 spiro atoms. The van der Waals surface area contributed by atoms with E-state index in [4.69, 9.17) is 9.15 Å². The first kappa shape index (κ1) is 22.6. The van der Waals surface area contributed by atoms with Gasteiger partial charge in [-0.15, -0.1) is 0 Å². The highest BCUT2D eigenvalue weighted by molar-refractivity contribution is 9.10. The van der Waals surface area contributed by atoms with Crippen molar-refractivity contribution in [2.75, 3.05) is 18.0 Å². The Bertz CT molecular complexity index is 1160. The van der Waals surface area contributed by atoms with E-state index in [9.17, 15) is 13.2 Å². The van der Waals surface area contributed by atoms with Crippen LogP contribution in [0, 0.1) is 6.92 Å². The largest absolute Gasteiger partial charge is 0.497 e. The Labute approximate surface area is 188 Å². The highest BCUT2D eigenvalue weighted by Crippen LogP contribution is 2.25. The summed E-state index contributed by atoms with van der Waals surface area (Å²) in [5.74, 6) is 1.03. The van der Waals surface area contributed by atoms with Crippen LogP contribution in [0.1, 0.15) is 11.5 Å². The molecule has 162 valence electrons. The Balaban J connectivity index is 1.81. The lowest BCUT2D eigenvalue weighted by Gasteiger charge is -2.23. The predicted molar refractivity (Wildman–Crippen MR) is 121 cm³/mol. The molecule has 2 aromatic carbocycles. The Morgan fingerprint density at radius 2 is 1.87 bits per heavy atom. The second kappa shape index (κ2) is 9.80. The van der Waals surface area contributed by atoms with Crippen molar-refractivity contribution in [3.63, 3.8) is 0 Å². The van der Waals surface area contributed by atoms with Gasteiger partial charge < -0.3 is 9.15 Å². The number of nitrogens with one attached hydrogen (secondary N) is 1. The molecule has 0 radical (unpaired) electrons. The fraction of sp³-hybridized carbons (Fsp3) is 0.143. The molecule has 3 rings (SSSR count). The standard InChI is InChI=1S/C21H20BrN3O5S/c1-15-20(22)12-18(30-15)13-23-24-21(26)14-25(16-6-4-3-5-7-16)31(27,28)19-10-8-17(29-2)9-11-19/h3-13H,14H2,1-2H3,(H,24,26)/b23-13-. The van der Waals surface area contributed by atoms with Crippen molar-refractivity contribution in [3.8, 4) is 5.75 Å². The van der Waals surface area contributed by atoms with Crippen molar-refractivity contribution in [3.05, 3.63) is 76.7 Å². The molecule has 0 aliphatic heterocycles. The molecule has 1 aromatic heterocycles. The van der Waals surface area contributed by atoms with Gasteiger partial charge in [-0.3, -0.25) is 9.10 Å². The van der Waals surface area contributed by atoms with E-state index >= 15 is 0 Å². The van der Waals surface area contributed by atoms with E-state index in [2.05, 4.69) is 26.5 Å². The van der Waals surface area contributed by atoms with Gasteiger partial charge in [0.1, 0.15) is 23.8 Å². The number of hydrogen-bond donors (Lipinski definition) is 1. The quantitative estimate of drug-likeness (QED) is 0.371. The van der Waals surface area contributed by atoms with Gasteiger partial charge in [-0.25, -0.2) is 13.8 Å². The number of carbonyl (C=O) groups is 1. The zero-order chi connectivity index (χ0) is 22.4. The second-order valence-corrected chi connectivity index (χ2v) is 9.09. The number of sulfonamides is 1. The summed E-state index contributed by atoms with van der Waals surface area (Å²) in [7, 11) is -2.52. The summed E-state index contributed by atoms with van der Waals surface area (Å²) in [4.78, 5) is 12.5. The molecule has 0 aliphatic rings. The number of nitrogens with zero attached hydrogens (tertiary/aromatic N) is 2. The van der Waals surface area contributed by atoms with Crippen LogP contribution < -0.4 is 14.5 Å². The van der Waals surface area contributed by atoms with Crippen molar-refractivity contribution in [2.24, 2.45) is 5.10 Å². The lowest BCUT2D eigenvalue weighted by Crippen LogP contribution is -2.39. The number of hydrazone groups is 1. The number of amides is 1. The van der Waals surface area contributed by atoms with Crippen molar-refractivity contribution >= 4 is 43.8 Å². The van der Waals surface area contributed by atoms with E-state index in [0.717, 1.165) is 8.78 Å². The summed E-state index contributed by atoms with van der Waals surface area (Å²) in [6.07, 6.45) is 1.33. The normalized spacial score (nSPS) is 11.5. The fourth-order valence-electron chi connectivity index (χ4n) is 2.66. The molecule has 1 heterocycles. The van der Waals surface area contributed by atoms with Gasteiger partial charge in [-0.2, -0.15) is 5.10 Å². The average molecular weight is 506 g/mol. The number of hydrogen-bond acceptors (Lipinski definition) is 6. The van der Waals surface area contributed by atoms with Gasteiger partial charge in [-0.05, 0) is 59.3 Å². The fourth-order valence-corrected chi connectivity index (χ4v) is 4.39. The third-order valence-corrected chi connectivity index (χ3v) is 6.81. The molecule has 8 nitrogen and oxygen atoms in total. The summed E-state index contributed by atoms with van der Waals surface area (Å²) in [6, 6.07) is 16.0. The molecule has 0 saturated heterocycles. The van der Waals surface area contributed by atoms with Gasteiger partial charge in [0.25, 0.3) is 15.9 Å². The van der Waals surface area contributed by atoms with Crippen LogP contribution in [0.15, 0.2) is 79.6 Å². The van der Waals surface area contributed by atoms with E-state index < -0.39 is 22.5 Å². The lowest BCUT2D eigenvalue weighted by molar-refractivity contribution is -0.119. The average Bonchev–Trinajstić information content (AvgIpc) is 3.09. The minimum Gasteiger partial charge on any atom is -0.497 e. The minimum atomic E-state index is -4.01. The van der Waals surface area contributed by atoms with E-state index in [1.165, 1.54) is 25.5 Å². The molecule has 0 aliphatic carbocycles. The van der Waals surface area contributed by atoms with Gasteiger partial charge in [0.05, 0.1) is 28.4 Å². The molecule has 0 fully saturated rings. The SMILES string of the molecule is COc1ccc(S(=O)(=O)N(CC(=O)N/N=C\c2cc(Br)c(C)o2)c2ccccc2)cc1. The van der Waals surface area contributed by atoms with Gasteiger partial charge in [0.15, 0.2) is 0 Å². The van der Waals surface area contributed by atoms with Crippen LogP contribution in [0.5, 0.6) is 5.75 Å². The number of ether oxygens (including phenoxy) is 1. The Morgan fingerprint density at radius 3 is 2.45 bits per heavy atom. The van der Waals surface area contributed by atoms with Crippen LogP contribution in [0.4, 0.5) is 5.69 Å². The summed E-state index contributed by atoms with van der Waals surface area (Å²) in [6.45, 7) is 1.32. The molecular weight excluding hydrogens is 486 g/mol. The number of rotatable bonds is 8. The molecule has 0 unspecified atom stereocenters. The zero-order valence-electron chi connectivity index (χ0n) is 16.8. The van der Waals surface area contributed by atoms with Crippen LogP contribution in [0.25, 0.3) is 0 Å². The highest BCUT2D eigenvalue weighted by atomic mass is 79.9. The molecule has 0 bridgehead atoms. The number of methoxy groups -OCH3 is 1. The van der Waals surface area contributed by atoms with Gasteiger partial charge in [-0.1, -0.05) is 18.2 Å². The van der Waals surface area contributed by atoms with Crippen molar-refractivity contribution in [1.82, 2.24) is 5.43 Å². The number of aryl methyl sites for hydroxylation is 1. The third-order valence-electron chi connectivity index (χ3n) is 4.24. The molecular formula is C21H20BrN3O5S. The zero-order valence-corrected chi connectivity index (χ0v) is 19.2. The highest BCUT2D eigenvalue weighted by Gasteiger charge is 2.27. The Kier molecular flexibility index (Phi) is 7.13. The van der Waals surface area contributed by atoms with Gasteiger partial charge >= 0.3 is 0 Å². The molecule has 0 atom stereocenters. The smallest absolute Gasteiger partial charge is 0.264 e. The van der Waals surface area contributed by atoms with Crippen LogP contribution in [-0.4, -0.2) is 34.2 Å². The summed E-state index contributed by atoms with van der Waals surface area (Å²) in [5, 5.41) is 3.84. The van der Waals surface area contributed by atoms with Crippen molar-refractivity contribution in [1.29, 1.82) is 0 Å². The molecule has 3 aromatic rings. The Morgan fingerprint density at radius 1 is 1.19 bits per heavy atom. The summed E-state index contributed by atoms with van der Waals surface area (Å²) < 4.78 is 38.8. The van der Waals surface area contributed by atoms with Gasteiger partial charge in [0.2, 0.25) is 0 Å². The number of halogens is 1. The summed E-state index contributed by atoms with van der Waals surface area (Å²) in [5.41, 5.74) is 2.68. The van der Waals surface area contributed by atoms with Crippen LogP contribution in [0.2, 0.25) is 0 Å². The van der Waals surface area contributed by atoms with E-state index in [1.807, 2.05) is 0 Å². The molecule has 1 amide bonds. The predicted octanol–water partition coefficient (Wildman–Crippen LogP) is 3.70. The number of furan rings is 1. The monoisotopic (exact) mass is 505 g/mol. The van der Waals surface area contributed by atoms with E-state index in [1.54, 1.807) is 55.5 Å². The maximum atomic E-state index is 13.2. The molecule has 0 saturated carbocycles. The summed E-state index contributed by atoms with van der Waals surface area (Å²) >= 11 is 3.32. The van der Waals surface area contributed by atoms with Gasteiger partial charge in [0, 0.05) is 6.07 Å². The first-order valence-electron chi connectivity index (χ1n) is 9.11. The van der Waals surface area contributed by atoms with Crippen LogP contribution >= 0.6 is 15.9 Å². The van der Waals surface area contributed by atoms with Crippen molar-refractivity contribution in [2.45, 2.75) is 11.8 Å². The molecule has 31 heavy (non-hydrogen) atoms. The lowest BCUT2D eigenvalue weighted by atomic mass is 10.3. The molecule has 10 heteroatoms. The number of benzene rings is 2. The number of para-hydroxylation sites is 1. The number of carbonyl (C=O) groups excluding carboxylic acids is 1. The third kappa shape index (κ3) is 5.53. The van der Waals surface area contributed by atoms with Crippen LogP contribution in [0.3, 0.4) is 0 Å². The van der Waals surface area contributed by atoms with Crippen LogP contribution in [-0.2, 0) is 14.8 Å². The topological polar surface area (TPSA) is 101 Å². The Hall–Kier alpha value is -3.11. The van der Waals surface area contributed by atoms with E-state index in [-0.39, 0.29) is 4.90 Å².